The fraction of sp³-hybridized carbons (Fsp3) is 0.357. The van der Waals surface area contributed by atoms with Crippen molar-refractivity contribution in [2.24, 2.45) is 0 Å². The van der Waals surface area contributed by atoms with Gasteiger partial charge in [0.25, 0.3) is 11.5 Å². The second-order valence-corrected chi connectivity index (χ2v) is 5.12. The van der Waals surface area contributed by atoms with E-state index in [9.17, 15) is 9.59 Å². The highest BCUT2D eigenvalue weighted by atomic mass is 16.2. The molecule has 1 N–H and O–H groups in total. The first kappa shape index (κ1) is 14.2. The molecule has 3 rings (SSSR count). The normalized spacial score (nSPS) is 15.0. The molecule has 0 saturated carbocycles. The third kappa shape index (κ3) is 2.95. The van der Waals surface area contributed by atoms with Crippen molar-refractivity contribution in [3.05, 3.63) is 46.0 Å². The Labute approximate surface area is 126 Å². The zero-order valence-electron chi connectivity index (χ0n) is 12.2. The van der Waals surface area contributed by atoms with E-state index in [2.05, 4.69) is 25.3 Å². The van der Waals surface area contributed by atoms with Crippen LogP contribution in [0.5, 0.6) is 0 Å². The molecule has 1 amide bonds. The first-order chi connectivity index (χ1) is 10.6. The summed E-state index contributed by atoms with van der Waals surface area (Å²) in [5, 5.41) is 14.3. The van der Waals surface area contributed by atoms with Crippen LogP contribution in [0, 0.1) is 6.92 Å². The monoisotopic (exact) mass is 300 g/mol. The number of aromatic nitrogens is 4. The Hall–Kier alpha value is -2.77. The Balaban J connectivity index is 1.64. The Bertz CT molecular complexity index is 698. The molecule has 0 unspecified atom stereocenters. The highest BCUT2D eigenvalue weighted by Gasteiger charge is 2.23. The predicted octanol–water partition coefficient (Wildman–Crippen LogP) is -0.169. The van der Waals surface area contributed by atoms with Gasteiger partial charge in [-0.25, -0.2) is 5.10 Å². The van der Waals surface area contributed by atoms with Crippen molar-refractivity contribution in [3.63, 3.8) is 0 Å². The maximum atomic E-state index is 12.3. The molecule has 0 bridgehead atoms. The van der Waals surface area contributed by atoms with Crippen LogP contribution in [0.4, 0.5) is 5.82 Å². The Kier molecular flexibility index (Phi) is 3.82. The lowest BCUT2D eigenvalue weighted by molar-refractivity contribution is 0.0739. The SMILES string of the molecule is Cc1ccc(N2CCN(C(=O)c3ccc(=O)[nH]n3)CC2)nn1. The summed E-state index contributed by atoms with van der Waals surface area (Å²) in [6.45, 7) is 4.43. The van der Waals surface area contributed by atoms with Crippen LogP contribution in [0.25, 0.3) is 0 Å². The van der Waals surface area contributed by atoms with E-state index in [1.807, 2.05) is 19.1 Å². The van der Waals surface area contributed by atoms with Crippen molar-refractivity contribution in [1.29, 1.82) is 0 Å². The van der Waals surface area contributed by atoms with Crippen LogP contribution < -0.4 is 10.5 Å². The molecular weight excluding hydrogens is 284 g/mol. The predicted molar refractivity (Wildman–Crippen MR) is 79.7 cm³/mol. The summed E-state index contributed by atoms with van der Waals surface area (Å²) in [5.74, 6) is 0.644. The third-order valence-electron chi connectivity index (χ3n) is 3.57. The lowest BCUT2D eigenvalue weighted by Gasteiger charge is -2.34. The zero-order valence-corrected chi connectivity index (χ0v) is 12.2. The van der Waals surface area contributed by atoms with Gasteiger partial charge in [0.2, 0.25) is 0 Å². The van der Waals surface area contributed by atoms with Gasteiger partial charge in [-0.15, -0.1) is 5.10 Å². The first-order valence-corrected chi connectivity index (χ1v) is 7.04. The summed E-state index contributed by atoms with van der Waals surface area (Å²) in [6.07, 6.45) is 0. The van der Waals surface area contributed by atoms with Crippen LogP contribution in [0.15, 0.2) is 29.1 Å². The number of H-pyrrole nitrogens is 1. The van der Waals surface area contributed by atoms with Gasteiger partial charge in [-0.05, 0) is 25.1 Å². The fourth-order valence-corrected chi connectivity index (χ4v) is 2.32. The van der Waals surface area contributed by atoms with Crippen molar-refractivity contribution >= 4 is 11.7 Å². The quantitative estimate of drug-likeness (QED) is 0.827. The van der Waals surface area contributed by atoms with Gasteiger partial charge in [0.1, 0.15) is 5.69 Å². The number of carbonyl (C=O) groups is 1. The van der Waals surface area contributed by atoms with Gasteiger partial charge < -0.3 is 9.80 Å². The van der Waals surface area contributed by atoms with E-state index >= 15 is 0 Å². The van der Waals surface area contributed by atoms with E-state index in [1.165, 1.54) is 12.1 Å². The number of aromatic amines is 1. The average molecular weight is 300 g/mol. The number of nitrogens with one attached hydrogen (secondary N) is 1. The standard InChI is InChI=1S/C14H16N6O2/c1-10-2-4-12(17-15-10)19-6-8-20(9-7-19)14(22)11-3-5-13(21)18-16-11/h2-5H,6-9H2,1H3,(H,18,21). The summed E-state index contributed by atoms with van der Waals surface area (Å²) < 4.78 is 0. The number of aryl methyl sites for hydroxylation is 1. The van der Waals surface area contributed by atoms with Crippen molar-refractivity contribution in [2.75, 3.05) is 31.1 Å². The minimum atomic E-state index is -0.320. The molecule has 8 nitrogen and oxygen atoms in total. The summed E-state index contributed by atoms with van der Waals surface area (Å²) in [4.78, 5) is 27.1. The van der Waals surface area contributed by atoms with Crippen LogP contribution in [0.2, 0.25) is 0 Å². The second kappa shape index (κ2) is 5.92. The Morgan fingerprint density at radius 3 is 2.45 bits per heavy atom. The molecule has 1 aliphatic heterocycles. The van der Waals surface area contributed by atoms with Gasteiger partial charge in [-0.3, -0.25) is 9.59 Å². The molecule has 0 spiro atoms. The summed E-state index contributed by atoms with van der Waals surface area (Å²) >= 11 is 0. The Morgan fingerprint density at radius 1 is 1.09 bits per heavy atom. The maximum Gasteiger partial charge on any atom is 0.274 e. The summed E-state index contributed by atoms with van der Waals surface area (Å²) in [5.41, 5.74) is 0.809. The van der Waals surface area contributed by atoms with Crippen LogP contribution in [-0.2, 0) is 0 Å². The summed E-state index contributed by atoms with van der Waals surface area (Å²) in [7, 11) is 0. The van der Waals surface area contributed by atoms with Gasteiger partial charge in [-0.1, -0.05) is 0 Å². The number of amides is 1. The highest BCUT2D eigenvalue weighted by Crippen LogP contribution is 2.13. The molecule has 3 heterocycles. The largest absolute Gasteiger partial charge is 0.352 e. The number of rotatable bonds is 2. The van der Waals surface area contributed by atoms with E-state index < -0.39 is 0 Å². The molecule has 1 aliphatic rings. The molecule has 2 aromatic heterocycles. The number of carbonyl (C=O) groups excluding carboxylic acids is 1. The molecular formula is C14H16N6O2. The van der Waals surface area contributed by atoms with Crippen molar-refractivity contribution < 1.29 is 4.79 Å². The van der Waals surface area contributed by atoms with Gasteiger partial charge in [0, 0.05) is 32.2 Å². The lowest BCUT2D eigenvalue weighted by Crippen LogP contribution is -2.49. The Morgan fingerprint density at radius 2 is 1.86 bits per heavy atom. The van der Waals surface area contributed by atoms with Crippen molar-refractivity contribution in [3.8, 4) is 0 Å². The molecule has 0 radical (unpaired) electrons. The van der Waals surface area contributed by atoms with Crippen molar-refractivity contribution in [1.82, 2.24) is 25.3 Å². The molecule has 1 fully saturated rings. The molecule has 2 aromatic rings. The molecule has 0 aromatic carbocycles. The molecule has 1 saturated heterocycles. The molecule has 8 heteroatoms. The topological polar surface area (TPSA) is 95.1 Å². The van der Waals surface area contributed by atoms with E-state index in [1.54, 1.807) is 4.90 Å². The van der Waals surface area contributed by atoms with Crippen LogP contribution in [0.1, 0.15) is 16.2 Å². The number of hydrogen-bond donors (Lipinski definition) is 1. The number of nitrogens with zero attached hydrogens (tertiary/aromatic N) is 5. The molecule has 0 aliphatic carbocycles. The van der Waals surface area contributed by atoms with Crippen LogP contribution in [-0.4, -0.2) is 57.4 Å². The van der Waals surface area contributed by atoms with Crippen LogP contribution in [0.3, 0.4) is 0 Å². The number of piperazine rings is 1. The molecule has 22 heavy (non-hydrogen) atoms. The minimum Gasteiger partial charge on any atom is -0.352 e. The first-order valence-electron chi connectivity index (χ1n) is 7.04. The van der Waals surface area contributed by atoms with Gasteiger partial charge in [-0.2, -0.15) is 10.2 Å². The third-order valence-corrected chi connectivity index (χ3v) is 3.57. The molecule has 0 atom stereocenters. The van der Waals surface area contributed by atoms with Gasteiger partial charge in [0.15, 0.2) is 5.82 Å². The summed E-state index contributed by atoms with van der Waals surface area (Å²) in [6, 6.07) is 6.60. The van der Waals surface area contributed by atoms with Crippen molar-refractivity contribution in [2.45, 2.75) is 6.92 Å². The van der Waals surface area contributed by atoms with Gasteiger partial charge >= 0.3 is 0 Å². The van der Waals surface area contributed by atoms with E-state index in [4.69, 9.17) is 0 Å². The lowest BCUT2D eigenvalue weighted by atomic mass is 10.2. The maximum absolute atomic E-state index is 12.3. The smallest absolute Gasteiger partial charge is 0.274 e. The fourth-order valence-electron chi connectivity index (χ4n) is 2.32. The van der Waals surface area contributed by atoms with Gasteiger partial charge in [0.05, 0.1) is 5.69 Å². The van der Waals surface area contributed by atoms with E-state index in [0.717, 1.165) is 11.5 Å². The minimum absolute atomic E-state index is 0.175. The molecule has 114 valence electrons. The highest BCUT2D eigenvalue weighted by molar-refractivity contribution is 5.92. The van der Waals surface area contributed by atoms with E-state index in [0.29, 0.717) is 26.2 Å². The second-order valence-electron chi connectivity index (χ2n) is 5.12. The average Bonchev–Trinajstić information content (AvgIpc) is 2.56. The zero-order chi connectivity index (χ0) is 15.5. The number of hydrogen-bond acceptors (Lipinski definition) is 6. The number of anilines is 1. The van der Waals surface area contributed by atoms with Crippen LogP contribution >= 0.6 is 0 Å². The van der Waals surface area contributed by atoms with E-state index in [-0.39, 0.29) is 17.2 Å².